The normalized spacial score (nSPS) is 12.1. The number of halogens is 1. The summed E-state index contributed by atoms with van der Waals surface area (Å²) < 4.78 is 1.04. The molecule has 1 aliphatic carbocycles. The van der Waals surface area contributed by atoms with Crippen LogP contribution in [0.4, 0.5) is 0 Å². The first-order valence-corrected chi connectivity index (χ1v) is 7.58. The van der Waals surface area contributed by atoms with E-state index in [1.165, 1.54) is 0 Å². The van der Waals surface area contributed by atoms with Crippen molar-refractivity contribution < 1.29 is 4.79 Å². The van der Waals surface area contributed by atoms with E-state index < -0.39 is 0 Å². The minimum Gasteiger partial charge on any atom is -0.289 e. The molecule has 0 radical (unpaired) electrons. The average Bonchev–Trinajstić information content (AvgIpc) is 2.82. The largest absolute Gasteiger partial charge is 0.289 e. The fourth-order valence-corrected chi connectivity index (χ4v) is 3.21. The Balaban J connectivity index is 1.98. The molecule has 0 unspecified atom stereocenters. The third-order valence-electron chi connectivity index (χ3n) is 3.91. The van der Waals surface area contributed by atoms with E-state index in [-0.39, 0.29) is 5.78 Å². The molecule has 21 heavy (non-hydrogen) atoms. The van der Waals surface area contributed by atoms with Gasteiger partial charge in [-0.15, -0.1) is 0 Å². The van der Waals surface area contributed by atoms with E-state index in [9.17, 15) is 4.79 Å². The van der Waals surface area contributed by atoms with Crippen molar-refractivity contribution in [3.63, 3.8) is 0 Å². The Morgan fingerprint density at radius 3 is 2.00 bits per heavy atom. The summed E-state index contributed by atoms with van der Waals surface area (Å²) in [5, 5.41) is 0. The molecular formula is C19H11BrO. The molecule has 1 nitrogen and oxygen atoms in total. The Hall–Kier alpha value is -2.19. The fraction of sp³-hybridized carbons (Fsp3) is 0. The maximum absolute atomic E-state index is 12.7. The number of fused-ring (bicyclic) bond motifs is 3. The first-order chi connectivity index (χ1) is 10.3. The Kier molecular flexibility index (Phi) is 2.79. The van der Waals surface area contributed by atoms with E-state index in [0.29, 0.717) is 0 Å². The molecule has 0 saturated carbocycles. The van der Waals surface area contributed by atoms with Crippen molar-refractivity contribution in [3.8, 4) is 22.3 Å². The number of carbonyl (C=O) groups is 1. The molecule has 0 amide bonds. The van der Waals surface area contributed by atoms with E-state index in [4.69, 9.17) is 0 Å². The van der Waals surface area contributed by atoms with Crippen LogP contribution < -0.4 is 0 Å². The summed E-state index contributed by atoms with van der Waals surface area (Å²) >= 11 is 3.45. The van der Waals surface area contributed by atoms with Gasteiger partial charge in [0, 0.05) is 15.6 Å². The van der Waals surface area contributed by atoms with Gasteiger partial charge in [-0.3, -0.25) is 4.79 Å². The van der Waals surface area contributed by atoms with Crippen molar-refractivity contribution in [2.75, 3.05) is 0 Å². The van der Waals surface area contributed by atoms with E-state index in [1.54, 1.807) is 0 Å². The molecule has 0 N–H and O–H groups in total. The van der Waals surface area contributed by atoms with Crippen LogP contribution in [0.2, 0.25) is 0 Å². The lowest BCUT2D eigenvalue weighted by Gasteiger charge is -2.08. The van der Waals surface area contributed by atoms with Crippen molar-refractivity contribution in [1.82, 2.24) is 0 Å². The molecule has 1 aliphatic rings. The maximum Gasteiger partial charge on any atom is 0.194 e. The molecule has 0 bridgehead atoms. The van der Waals surface area contributed by atoms with Crippen molar-refractivity contribution in [3.05, 3.63) is 82.3 Å². The van der Waals surface area contributed by atoms with Crippen LogP contribution in [-0.4, -0.2) is 5.78 Å². The van der Waals surface area contributed by atoms with Crippen LogP contribution in [0.3, 0.4) is 0 Å². The van der Waals surface area contributed by atoms with Crippen molar-refractivity contribution >= 4 is 21.7 Å². The van der Waals surface area contributed by atoms with Crippen molar-refractivity contribution in [2.24, 2.45) is 0 Å². The molecule has 100 valence electrons. The summed E-state index contributed by atoms with van der Waals surface area (Å²) in [4.78, 5) is 12.7. The van der Waals surface area contributed by atoms with Gasteiger partial charge in [0.2, 0.25) is 0 Å². The van der Waals surface area contributed by atoms with Gasteiger partial charge < -0.3 is 0 Å². The van der Waals surface area contributed by atoms with Gasteiger partial charge in [0.25, 0.3) is 0 Å². The van der Waals surface area contributed by atoms with Gasteiger partial charge in [0.1, 0.15) is 0 Å². The van der Waals surface area contributed by atoms with Crippen LogP contribution >= 0.6 is 15.9 Å². The highest BCUT2D eigenvalue weighted by Crippen LogP contribution is 2.41. The van der Waals surface area contributed by atoms with Crippen LogP contribution in [0.5, 0.6) is 0 Å². The Bertz CT molecular complexity index is 863. The summed E-state index contributed by atoms with van der Waals surface area (Å²) in [7, 11) is 0. The van der Waals surface area contributed by atoms with Crippen LogP contribution in [0.15, 0.2) is 71.2 Å². The summed E-state index contributed by atoms with van der Waals surface area (Å²) in [6.07, 6.45) is 0. The Morgan fingerprint density at radius 1 is 0.619 bits per heavy atom. The standard InChI is InChI=1S/C19H11BrO/c20-13-10-8-12(9-11-13)14-6-3-7-16-15-4-1-2-5-17(15)19(21)18(14)16/h1-11H. The van der Waals surface area contributed by atoms with Crippen molar-refractivity contribution in [2.45, 2.75) is 0 Å². The smallest absolute Gasteiger partial charge is 0.194 e. The van der Waals surface area contributed by atoms with Gasteiger partial charge in [-0.25, -0.2) is 0 Å². The molecule has 4 rings (SSSR count). The minimum absolute atomic E-state index is 0.124. The zero-order valence-electron chi connectivity index (χ0n) is 11.1. The first-order valence-electron chi connectivity index (χ1n) is 6.79. The predicted molar refractivity (Wildman–Crippen MR) is 88.4 cm³/mol. The van der Waals surface area contributed by atoms with Gasteiger partial charge in [-0.1, -0.05) is 70.5 Å². The second kappa shape index (κ2) is 4.68. The number of hydrogen-bond acceptors (Lipinski definition) is 1. The molecule has 0 saturated heterocycles. The number of carbonyl (C=O) groups excluding carboxylic acids is 1. The fourth-order valence-electron chi connectivity index (χ4n) is 2.94. The molecule has 0 heterocycles. The lowest BCUT2D eigenvalue weighted by atomic mass is 9.95. The van der Waals surface area contributed by atoms with E-state index in [1.807, 2.05) is 66.7 Å². The minimum atomic E-state index is 0.124. The molecule has 0 fully saturated rings. The molecule has 2 heteroatoms. The van der Waals surface area contributed by atoms with Crippen LogP contribution in [0.1, 0.15) is 15.9 Å². The maximum atomic E-state index is 12.7. The van der Waals surface area contributed by atoms with Crippen LogP contribution in [0.25, 0.3) is 22.3 Å². The second-order valence-electron chi connectivity index (χ2n) is 5.11. The molecule has 3 aromatic rings. The zero-order chi connectivity index (χ0) is 14.4. The van der Waals surface area contributed by atoms with Gasteiger partial charge in [0.05, 0.1) is 0 Å². The molecule has 0 atom stereocenters. The van der Waals surface area contributed by atoms with Gasteiger partial charge in [0.15, 0.2) is 5.78 Å². The van der Waals surface area contributed by atoms with E-state index in [0.717, 1.165) is 37.9 Å². The average molecular weight is 335 g/mol. The SMILES string of the molecule is O=C1c2ccccc2-c2cccc(-c3ccc(Br)cc3)c21. The topological polar surface area (TPSA) is 17.1 Å². The third-order valence-corrected chi connectivity index (χ3v) is 4.44. The lowest BCUT2D eigenvalue weighted by molar-refractivity contribution is 0.104. The molecule has 0 aromatic heterocycles. The van der Waals surface area contributed by atoms with Crippen LogP contribution in [-0.2, 0) is 0 Å². The highest BCUT2D eigenvalue weighted by Gasteiger charge is 2.28. The van der Waals surface area contributed by atoms with E-state index in [2.05, 4.69) is 15.9 Å². The second-order valence-corrected chi connectivity index (χ2v) is 6.03. The molecule has 0 spiro atoms. The summed E-state index contributed by atoms with van der Waals surface area (Å²) in [5.74, 6) is 0.124. The van der Waals surface area contributed by atoms with Crippen LogP contribution in [0, 0.1) is 0 Å². The highest BCUT2D eigenvalue weighted by molar-refractivity contribution is 9.10. The number of rotatable bonds is 1. The third kappa shape index (κ3) is 1.87. The monoisotopic (exact) mass is 334 g/mol. The van der Waals surface area contributed by atoms with Crippen molar-refractivity contribution in [1.29, 1.82) is 0 Å². The Morgan fingerprint density at radius 2 is 1.24 bits per heavy atom. The predicted octanol–water partition coefficient (Wildman–Crippen LogP) is 5.33. The molecule has 0 aliphatic heterocycles. The lowest BCUT2D eigenvalue weighted by Crippen LogP contribution is -1.97. The zero-order valence-corrected chi connectivity index (χ0v) is 12.7. The van der Waals surface area contributed by atoms with Gasteiger partial charge >= 0.3 is 0 Å². The summed E-state index contributed by atoms with van der Waals surface area (Å²) in [5.41, 5.74) is 5.77. The summed E-state index contributed by atoms with van der Waals surface area (Å²) in [6, 6.07) is 22.0. The quantitative estimate of drug-likeness (QED) is 0.460. The number of hydrogen-bond donors (Lipinski definition) is 0. The number of ketones is 1. The molecule has 3 aromatic carbocycles. The van der Waals surface area contributed by atoms with Gasteiger partial charge in [-0.05, 0) is 34.4 Å². The van der Waals surface area contributed by atoms with Gasteiger partial charge in [-0.2, -0.15) is 0 Å². The first kappa shape index (κ1) is 12.5. The molecular weight excluding hydrogens is 324 g/mol. The summed E-state index contributed by atoms with van der Waals surface area (Å²) in [6.45, 7) is 0. The highest BCUT2D eigenvalue weighted by atomic mass is 79.9. The Labute approximate surface area is 131 Å². The van der Waals surface area contributed by atoms with E-state index >= 15 is 0 Å². The number of benzene rings is 3.